The van der Waals surface area contributed by atoms with E-state index >= 15 is 0 Å². The molecule has 1 aromatic rings. The number of nitrogens with one attached hydrogen (secondary N) is 1. The maximum atomic E-state index is 12.2. The molecule has 98 valence electrons. The molecule has 0 atom stereocenters. The lowest BCUT2D eigenvalue weighted by Gasteiger charge is -2.22. The van der Waals surface area contributed by atoms with Crippen LogP contribution in [-0.4, -0.2) is 23.0 Å². The van der Waals surface area contributed by atoms with Crippen LogP contribution >= 0.6 is 0 Å². The smallest absolute Gasteiger partial charge is 0.244 e. The van der Waals surface area contributed by atoms with Gasteiger partial charge >= 0.3 is 0 Å². The van der Waals surface area contributed by atoms with Crippen molar-refractivity contribution >= 4 is 11.6 Å². The first-order valence-electron chi connectivity index (χ1n) is 6.34. The summed E-state index contributed by atoms with van der Waals surface area (Å²) in [6.07, 6.45) is 5.13. The van der Waals surface area contributed by atoms with Gasteiger partial charge in [0.2, 0.25) is 11.8 Å². The van der Waals surface area contributed by atoms with Crippen molar-refractivity contribution in [2.24, 2.45) is 5.73 Å². The van der Waals surface area contributed by atoms with Crippen molar-refractivity contribution in [3.8, 4) is 5.88 Å². The molecule has 3 N–H and O–H groups in total. The van der Waals surface area contributed by atoms with E-state index in [-0.39, 0.29) is 5.91 Å². The van der Waals surface area contributed by atoms with Gasteiger partial charge in [-0.2, -0.15) is 0 Å². The molecule has 5 nitrogen and oxygen atoms in total. The van der Waals surface area contributed by atoms with Gasteiger partial charge in [0.1, 0.15) is 5.69 Å². The molecule has 0 saturated heterocycles. The Kier molecular flexibility index (Phi) is 3.81. The molecule has 0 aliphatic heterocycles. The predicted molar refractivity (Wildman–Crippen MR) is 69.4 cm³/mol. The zero-order chi connectivity index (χ0) is 13.0. The Hall–Kier alpha value is -1.62. The van der Waals surface area contributed by atoms with E-state index in [1.165, 1.54) is 0 Å². The second-order valence-corrected chi connectivity index (χ2v) is 4.61. The Bertz CT molecular complexity index is 428. The molecule has 1 aliphatic rings. The molecule has 0 aromatic carbocycles. The molecule has 1 aliphatic carbocycles. The fraction of sp³-hybridized carbons (Fsp3) is 0.538. The van der Waals surface area contributed by atoms with Crippen LogP contribution in [0.2, 0.25) is 0 Å². The van der Waals surface area contributed by atoms with Crippen molar-refractivity contribution < 1.29 is 9.53 Å². The van der Waals surface area contributed by atoms with Gasteiger partial charge in [0, 0.05) is 6.20 Å². The lowest BCUT2D eigenvalue weighted by Crippen LogP contribution is -2.48. The summed E-state index contributed by atoms with van der Waals surface area (Å²) >= 11 is 0. The molecule has 5 heteroatoms. The number of nitrogens with zero attached hydrogens (tertiary/aromatic N) is 1. The van der Waals surface area contributed by atoms with Crippen LogP contribution in [0.25, 0.3) is 0 Å². The number of hydrogen-bond donors (Lipinski definition) is 2. The number of hydrogen-bond acceptors (Lipinski definition) is 4. The molecule has 0 spiro atoms. The minimum absolute atomic E-state index is 0.144. The molecule has 1 aromatic heterocycles. The third kappa shape index (κ3) is 2.61. The molecular weight excluding hydrogens is 230 g/mol. The van der Waals surface area contributed by atoms with Gasteiger partial charge < -0.3 is 15.8 Å². The van der Waals surface area contributed by atoms with E-state index in [2.05, 4.69) is 10.3 Å². The lowest BCUT2D eigenvalue weighted by molar-refractivity contribution is -0.121. The SMILES string of the molecule is CCOc1ncccc1NC(=O)C1(N)CCCC1. The van der Waals surface area contributed by atoms with E-state index in [1.54, 1.807) is 18.3 Å². The number of anilines is 1. The first-order valence-corrected chi connectivity index (χ1v) is 6.34. The molecule has 0 unspecified atom stereocenters. The van der Waals surface area contributed by atoms with Gasteiger partial charge in [-0.25, -0.2) is 4.98 Å². The van der Waals surface area contributed by atoms with Crippen LogP contribution in [0.4, 0.5) is 5.69 Å². The Morgan fingerprint density at radius 1 is 1.56 bits per heavy atom. The van der Waals surface area contributed by atoms with Crippen LogP contribution in [-0.2, 0) is 4.79 Å². The van der Waals surface area contributed by atoms with Gasteiger partial charge in [-0.15, -0.1) is 0 Å². The van der Waals surface area contributed by atoms with Crippen molar-refractivity contribution in [1.29, 1.82) is 0 Å². The summed E-state index contributed by atoms with van der Waals surface area (Å²) in [7, 11) is 0. The maximum Gasteiger partial charge on any atom is 0.244 e. The molecule has 0 radical (unpaired) electrons. The summed E-state index contributed by atoms with van der Waals surface area (Å²) < 4.78 is 5.37. The third-order valence-corrected chi connectivity index (χ3v) is 3.25. The summed E-state index contributed by atoms with van der Waals surface area (Å²) in [5, 5.41) is 2.83. The fourth-order valence-electron chi connectivity index (χ4n) is 2.22. The van der Waals surface area contributed by atoms with Gasteiger partial charge in [-0.05, 0) is 31.9 Å². The summed E-state index contributed by atoms with van der Waals surface area (Å²) in [6.45, 7) is 2.38. The van der Waals surface area contributed by atoms with Crippen LogP contribution in [0.5, 0.6) is 5.88 Å². The number of rotatable bonds is 4. The highest BCUT2D eigenvalue weighted by Crippen LogP contribution is 2.29. The van der Waals surface area contributed by atoms with Crippen molar-refractivity contribution in [3.05, 3.63) is 18.3 Å². The average molecular weight is 249 g/mol. The maximum absolute atomic E-state index is 12.2. The second-order valence-electron chi connectivity index (χ2n) is 4.61. The van der Waals surface area contributed by atoms with Crippen molar-refractivity contribution in [2.45, 2.75) is 38.1 Å². The normalized spacial score (nSPS) is 17.4. The highest BCUT2D eigenvalue weighted by Gasteiger charge is 2.37. The first kappa shape index (κ1) is 12.8. The fourth-order valence-corrected chi connectivity index (χ4v) is 2.22. The summed E-state index contributed by atoms with van der Waals surface area (Å²) in [5.74, 6) is 0.295. The van der Waals surface area contributed by atoms with E-state index in [9.17, 15) is 4.79 Å². The third-order valence-electron chi connectivity index (χ3n) is 3.25. The van der Waals surface area contributed by atoms with E-state index in [4.69, 9.17) is 10.5 Å². The first-order chi connectivity index (χ1) is 8.65. The van der Waals surface area contributed by atoms with Crippen molar-refractivity contribution in [3.63, 3.8) is 0 Å². The monoisotopic (exact) mass is 249 g/mol. The number of nitrogens with two attached hydrogens (primary N) is 1. The van der Waals surface area contributed by atoms with Gasteiger partial charge in [0.25, 0.3) is 0 Å². The van der Waals surface area contributed by atoms with Crippen molar-refractivity contribution in [2.75, 3.05) is 11.9 Å². The number of ether oxygens (including phenoxy) is 1. The number of amides is 1. The molecule has 1 heterocycles. The number of pyridine rings is 1. The van der Waals surface area contributed by atoms with E-state index in [0.29, 0.717) is 18.2 Å². The quantitative estimate of drug-likeness (QED) is 0.851. The number of carbonyl (C=O) groups is 1. The van der Waals surface area contributed by atoms with E-state index in [1.807, 2.05) is 6.92 Å². The van der Waals surface area contributed by atoms with Gasteiger partial charge in [0.15, 0.2) is 0 Å². The second kappa shape index (κ2) is 5.35. The molecule has 0 bridgehead atoms. The molecule has 18 heavy (non-hydrogen) atoms. The molecular formula is C13H19N3O2. The predicted octanol–water partition coefficient (Wildman–Crippen LogP) is 1.69. The van der Waals surface area contributed by atoms with Gasteiger partial charge in [0.05, 0.1) is 12.1 Å². The van der Waals surface area contributed by atoms with Crippen LogP contribution in [0.3, 0.4) is 0 Å². The molecule has 1 saturated carbocycles. The van der Waals surface area contributed by atoms with Crippen LogP contribution in [0, 0.1) is 0 Å². The minimum atomic E-state index is -0.737. The van der Waals surface area contributed by atoms with Crippen LogP contribution in [0.15, 0.2) is 18.3 Å². The highest BCUT2D eigenvalue weighted by atomic mass is 16.5. The van der Waals surface area contributed by atoms with Crippen LogP contribution < -0.4 is 15.8 Å². The number of carbonyl (C=O) groups excluding carboxylic acids is 1. The Balaban J connectivity index is 2.11. The zero-order valence-electron chi connectivity index (χ0n) is 10.6. The number of aromatic nitrogens is 1. The molecule has 1 amide bonds. The van der Waals surface area contributed by atoms with Crippen LogP contribution in [0.1, 0.15) is 32.6 Å². The van der Waals surface area contributed by atoms with E-state index in [0.717, 1.165) is 25.7 Å². The van der Waals surface area contributed by atoms with E-state index < -0.39 is 5.54 Å². The Morgan fingerprint density at radius 3 is 2.94 bits per heavy atom. The van der Waals surface area contributed by atoms with Gasteiger partial charge in [-0.3, -0.25) is 4.79 Å². The molecule has 2 rings (SSSR count). The van der Waals surface area contributed by atoms with Crippen molar-refractivity contribution in [1.82, 2.24) is 4.98 Å². The van der Waals surface area contributed by atoms with Gasteiger partial charge in [-0.1, -0.05) is 12.8 Å². The highest BCUT2D eigenvalue weighted by molar-refractivity contribution is 5.98. The Morgan fingerprint density at radius 2 is 2.28 bits per heavy atom. The molecule has 1 fully saturated rings. The summed E-state index contributed by atoms with van der Waals surface area (Å²) in [5.41, 5.74) is 5.95. The Labute approximate surface area is 107 Å². The average Bonchev–Trinajstić information content (AvgIpc) is 2.80. The topological polar surface area (TPSA) is 77.2 Å². The summed E-state index contributed by atoms with van der Waals surface area (Å²) in [6, 6.07) is 3.53. The standard InChI is InChI=1S/C13H19N3O2/c1-2-18-11-10(6-5-9-15-11)16-12(17)13(14)7-3-4-8-13/h5-6,9H,2-4,7-8,14H2,1H3,(H,16,17). The largest absolute Gasteiger partial charge is 0.476 e. The summed E-state index contributed by atoms with van der Waals surface area (Å²) in [4.78, 5) is 16.3. The minimum Gasteiger partial charge on any atom is -0.476 e. The lowest BCUT2D eigenvalue weighted by atomic mass is 9.98. The zero-order valence-corrected chi connectivity index (χ0v) is 10.6.